The Hall–Kier alpha value is -0.370. The molecule has 0 amide bonds. The van der Waals surface area contributed by atoms with E-state index in [9.17, 15) is 4.79 Å². The van der Waals surface area contributed by atoms with Gasteiger partial charge in [0.15, 0.2) is 0 Å². The molecule has 2 nitrogen and oxygen atoms in total. The van der Waals surface area contributed by atoms with Crippen LogP contribution in [0, 0.1) is 56.2 Å². The Kier molecular flexibility index (Phi) is 4.31. The molecule has 0 unspecified atom stereocenters. The molecule has 2 heteroatoms. The Bertz CT molecular complexity index is 842. The molecule has 0 N–H and O–H groups in total. The fraction of sp³-hybridized carbons (Fsp3) is 0.967. The van der Waals surface area contributed by atoms with Gasteiger partial charge in [-0.3, -0.25) is 4.79 Å². The van der Waals surface area contributed by atoms with Crippen LogP contribution < -0.4 is 0 Å². The first kappa shape index (κ1) is 22.1. The minimum atomic E-state index is -0.136. The van der Waals surface area contributed by atoms with E-state index in [0.29, 0.717) is 44.9 Å². The van der Waals surface area contributed by atoms with Gasteiger partial charge in [-0.2, -0.15) is 0 Å². The first-order valence-corrected chi connectivity index (χ1v) is 14.0. The van der Waals surface area contributed by atoms with E-state index < -0.39 is 0 Å². The van der Waals surface area contributed by atoms with Crippen LogP contribution >= 0.6 is 0 Å². The van der Waals surface area contributed by atoms with Crippen molar-refractivity contribution in [3.8, 4) is 0 Å². The van der Waals surface area contributed by atoms with Gasteiger partial charge in [0, 0.05) is 11.8 Å². The highest BCUT2D eigenvalue weighted by molar-refractivity contribution is 5.85. The maximum Gasteiger partial charge on any atom is 0.138 e. The third-order valence-electron chi connectivity index (χ3n) is 13.9. The molecule has 5 saturated carbocycles. The summed E-state index contributed by atoms with van der Waals surface area (Å²) >= 11 is 0. The standard InChI is InChI=1S/C30H48O2/c1-25(2)14-16-30-17-15-28(6)19(23(30)24(25)32-18-30)8-9-21-27(5)12-11-22(31)26(3,4)20(27)10-13-29(21,28)7/h19-21,23-24H,8-18H2,1-7H3/t19-,20+,21-,23-,24-,27-,28-,29+,30+/m1/s1. The van der Waals surface area contributed by atoms with Crippen LogP contribution in [-0.2, 0) is 9.53 Å². The average Bonchev–Trinajstić information content (AvgIpc) is 3.05. The summed E-state index contributed by atoms with van der Waals surface area (Å²) in [5.41, 5.74) is 1.83. The van der Waals surface area contributed by atoms with E-state index >= 15 is 0 Å². The van der Waals surface area contributed by atoms with Crippen LogP contribution in [0.15, 0.2) is 0 Å². The highest BCUT2D eigenvalue weighted by atomic mass is 16.5. The number of ketones is 1. The molecule has 32 heavy (non-hydrogen) atoms. The summed E-state index contributed by atoms with van der Waals surface area (Å²) in [5.74, 6) is 3.46. The Morgan fingerprint density at radius 3 is 2.22 bits per heavy atom. The molecule has 6 fully saturated rings. The van der Waals surface area contributed by atoms with E-state index in [4.69, 9.17) is 4.74 Å². The second-order valence-electron chi connectivity index (χ2n) is 15.4. The highest BCUT2D eigenvalue weighted by Crippen LogP contribution is 2.77. The molecule has 0 spiro atoms. The van der Waals surface area contributed by atoms with Crippen LogP contribution in [0.1, 0.15) is 113 Å². The van der Waals surface area contributed by atoms with Crippen LogP contribution in [0.3, 0.4) is 0 Å². The predicted molar refractivity (Wildman–Crippen MR) is 129 cm³/mol. The Morgan fingerprint density at radius 2 is 1.47 bits per heavy atom. The van der Waals surface area contributed by atoms with Gasteiger partial charge in [0.25, 0.3) is 0 Å². The molecule has 6 aliphatic rings. The zero-order chi connectivity index (χ0) is 22.9. The molecule has 5 aliphatic carbocycles. The Morgan fingerprint density at radius 1 is 0.750 bits per heavy atom. The number of ether oxygens (including phenoxy) is 1. The molecule has 6 rings (SSSR count). The molecule has 0 aromatic carbocycles. The lowest BCUT2D eigenvalue weighted by atomic mass is 9.31. The van der Waals surface area contributed by atoms with E-state index in [0.717, 1.165) is 37.2 Å². The summed E-state index contributed by atoms with van der Waals surface area (Å²) in [5, 5.41) is 0. The summed E-state index contributed by atoms with van der Waals surface area (Å²) in [6.45, 7) is 18.6. The van der Waals surface area contributed by atoms with E-state index in [-0.39, 0.29) is 5.41 Å². The number of carbonyl (C=O) groups is 1. The van der Waals surface area contributed by atoms with E-state index in [2.05, 4.69) is 48.5 Å². The quantitative estimate of drug-likeness (QED) is 0.391. The first-order valence-electron chi connectivity index (χ1n) is 14.0. The lowest BCUT2D eigenvalue weighted by Crippen LogP contribution is -2.67. The van der Waals surface area contributed by atoms with Crippen molar-refractivity contribution in [3.63, 3.8) is 0 Å². The van der Waals surface area contributed by atoms with Gasteiger partial charge in [0.1, 0.15) is 5.78 Å². The number of hydrogen-bond donors (Lipinski definition) is 0. The van der Waals surface area contributed by atoms with Gasteiger partial charge < -0.3 is 4.74 Å². The molecule has 0 aromatic rings. The lowest BCUT2D eigenvalue weighted by Gasteiger charge is -2.72. The fourth-order valence-electron chi connectivity index (χ4n) is 11.8. The minimum Gasteiger partial charge on any atom is -0.377 e. The van der Waals surface area contributed by atoms with Crippen LogP contribution in [0.2, 0.25) is 0 Å². The summed E-state index contributed by atoms with van der Waals surface area (Å²) in [4.78, 5) is 12.9. The van der Waals surface area contributed by atoms with Crippen LogP contribution in [0.4, 0.5) is 0 Å². The molecule has 0 aromatic heterocycles. The summed E-state index contributed by atoms with van der Waals surface area (Å²) in [6, 6.07) is 0. The largest absolute Gasteiger partial charge is 0.377 e. The Labute approximate surface area is 197 Å². The van der Waals surface area contributed by atoms with Gasteiger partial charge in [0.05, 0.1) is 12.7 Å². The van der Waals surface area contributed by atoms with Crippen LogP contribution in [-0.4, -0.2) is 18.5 Å². The molecule has 180 valence electrons. The van der Waals surface area contributed by atoms with Crippen molar-refractivity contribution in [3.05, 3.63) is 0 Å². The second-order valence-corrected chi connectivity index (χ2v) is 15.4. The number of carbonyl (C=O) groups excluding carboxylic acids is 1. The monoisotopic (exact) mass is 440 g/mol. The van der Waals surface area contributed by atoms with E-state index in [1.54, 1.807) is 0 Å². The van der Waals surface area contributed by atoms with Gasteiger partial charge in [0.2, 0.25) is 0 Å². The highest BCUT2D eigenvalue weighted by Gasteiger charge is 2.72. The number of fused-ring (bicyclic) bond motifs is 5. The molecule has 1 heterocycles. The Balaban J connectivity index is 1.40. The second kappa shape index (κ2) is 6.24. The minimum absolute atomic E-state index is 0.136. The maximum atomic E-state index is 12.9. The number of hydrogen-bond acceptors (Lipinski definition) is 2. The fourth-order valence-corrected chi connectivity index (χ4v) is 11.8. The van der Waals surface area contributed by atoms with Gasteiger partial charge >= 0.3 is 0 Å². The summed E-state index contributed by atoms with van der Waals surface area (Å²) in [7, 11) is 0. The molecule has 1 aliphatic heterocycles. The smallest absolute Gasteiger partial charge is 0.138 e. The molecular weight excluding hydrogens is 392 g/mol. The molecule has 2 bridgehead atoms. The van der Waals surface area contributed by atoms with Crippen molar-refractivity contribution in [2.75, 3.05) is 6.61 Å². The number of rotatable bonds is 0. The summed E-state index contributed by atoms with van der Waals surface area (Å²) < 4.78 is 6.70. The van der Waals surface area contributed by atoms with Gasteiger partial charge in [-0.15, -0.1) is 0 Å². The molecule has 9 atom stereocenters. The van der Waals surface area contributed by atoms with Gasteiger partial charge in [-0.25, -0.2) is 0 Å². The van der Waals surface area contributed by atoms with Crippen LogP contribution in [0.25, 0.3) is 0 Å². The predicted octanol–water partition coefficient (Wildman–Crippen LogP) is 7.45. The normalized spacial score (nSPS) is 57.7. The molecular formula is C30H48O2. The lowest BCUT2D eigenvalue weighted by molar-refractivity contribution is -0.239. The summed E-state index contributed by atoms with van der Waals surface area (Å²) in [6.07, 6.45) is 13.3. The van der Waals surface area contributed by atoms with Crippen molar-refractivity contribution in [1.82, 2.24) is 0 Å². The van der Waals surface area contributed by atoms with Crippen molar-refractivity contribution in [1.29, 1.82) is 0 Å². The third kappa shape index (κ3) is 2.35. The van der Waals surface area contributed by atoms with Crippen molar-refractivity contribution < 1.29 is 9.53 Å². The van der Waals surface area contributed by atoms with Crippen molar-refractivity contribution >= 4 is 5.78 Å². The topological polar surface area (TPSA) is 26.3 Å². The van der Waals surface area contributed by atoms with E-state index in [1.165, 1.54) is 51.4 Å². The zero-order valence-corrected chi connectivity index (χ0v) is 22.0. The average molecular weight is 441 g/mol. The van der Waals surface area contributed by atoms with Crippen molar-refractivity contribution in [2.45, 2.75) is 119 Å². The zero-order valence-electron chi connectivity index (χ0n) is 22.0. The van der Waals surface area contributed by atoms with Crippen molar-refractivity contribution in [2.24, 2.45) is 56.2 Å². The molecule has 1 saturated heterocycles. The van der Waals surface area contributed by atoms with E-state index in [1.807, 2.05) is 0 Å². The third-order valence-corrected chi connectivity index (χ3v) is 13.9. The molecule has 0 radical (unpaired) electrons. The SMILES string of the molecule is CC1(C)CC[C@@]23CC[C@]4(C)[C@H](CC[C@@H]5[C@]6(C)CCC(=O)C(C)(C)[C@@H]6CC[C@@]54C)[C@@H]2[C@H]1OC3. The first-order chi connectivity index (χ1) is 14.8. The number of Topliss-reactive ketones (excluding diaryl/α,β-unsaturated/α-hetero) is 1. The van der Waals surface area contributed by atoms with Gasteiger partial charge in [-0.05, 0) is 109 Å². The van der Waals surface area contributed by atoms with Crippen LogP contribution in [0.5, 0.6) is 0 Å². The van der Waals surface area contributed by atoms with Gasteiger partial charge in [-0.1, -0.05) is 48.5 Å². The maximum absolute atomic E-state index is 12.9.